The zero-order valence-corrected chi connectivity index (χ0v) is 14.2. The van der Waals surface area contributed by atoms with Crippen molar-refractivity contribution >= 4 is 28.4 Å². The number of hydrogen-bond acceptors (Lipinski definition) is 3. The highest BCUT2D eigenvalue weighted by molar-refractivity contribution is 5.94. The quantitative estimate of drug-likeness (QED) is 0.681. The Morgan fingerprint density at radius 2 is 2.16 bits per heavy atom. The first kappa shape index (κ1) is 15.7. The van der Waals surface area contributed by atoms with Crippen molar-refractivity contribution in [3.05, 3.63) is 53.9 Å². The molecule has 0 bridgehead atoms. The van der Waals surface area contributed by atoms with Crippen LogP contribution in [-0.4, -0.2) is 20.6 Å². The fourth-order valence-electron chi connectivity index (χ4n) is 3.22. The number of rotatable bonds is 6. The molecule has 5 heteroatoms. The maximum atomic E-state index is 11.6. The molecule has 3 aromatic rings. The van der Waals surface area contributed by atoms with Crippen molar-refractivity contribution in [1.82, 2.24) is 9.55 Å². The number of hydrogen-bond donors (Lipinski definition) is 2. The van der Waals surface area contributed by atoms with Crippen molar-refractivity contribution in [3.63, 3.8) is 0 Å². The van der Waals surface area contributed by atoms with Gasteiger partial charge >= 0.3 is 5.97 Å². The lowest BCUT2D eigenvalue weighted by molar-refractivity contribution is 0.0697. The minimum Gasteiger partial charge on any atom is -0.478 e. The molecule has 2 N–H and O–H groups in total. The monoisotopic (exact) mass is 335 g/mol. The number of pyridine rings is 1. The summed E-state index contributed by atoms with van der Waals surface area (Å²) in [5.41, 5.74) is 3.24. The van der Waals surface area contributed by atoms with E-state index >= 15 is 0 Å². The molecule has 1 fully saturated rings. The van der Waals surface area contributed by atoms with E-state index in [0.717, 1.165) is 42.6 Å². The Morgan fingerprint density at radius 1 is 1.32 bits per heavy atom. The zero-order chi connectivity index (χ0) is 17.4. The summed E-state index contributed by atoms with van der Waals surface area (Å²) in [5, 5.41) is 13.9. The highest BCUT2D eigenvalue weighted by atomic mass is 16.4. The lowest BCUT2D eigenvalue weighted by Gasteiger charge is -2.11. The van der Waals surface area contributed by atoms with E-state index in [0.29, 0.717) is 11.7 Å². The van der Waals surface area contributed by atoms with Crippen LogP contribution in [0.15, 0.2) is 42.7 Å². The van der Waals surface area contributed by atoms with Crippen molar-refractivity contribution in [3.8, 4) is 0 Å². The molecule has 2 aromatic heterocycles. The van der Waals surface area contributed by atoms with Gasteiger partial charge in [0.05, 0.1) is 5.52 Å². The number of carboxylic acid groups (broad SMARTS) is 1. The van der Waals surface area contributed by atoms with Gasteiger partial charge in [0.2, 0.25) is 0 Å². The average Bonchev–Trinajstić information content (AvgIpc) is 3.38. The molecule has 128 valence electrons. The van der Waals surface area contributed by atoms with Crippen LogP contribution in [0.3, 0.4) is 0 Å². The van der Waals surface area contributed by atoms with Gasteiger partial charge < -0.3 is 15.0 Å². The summed E-state index contributed by atoms with van der Waals surface area (Å²) in [6.07, 6.45) is 7.19. The number of anilines is 2. The molecule has 1 aliphatic rings. The third kappa shape index (κ3) is 3.09. The average molecular weight is 335 g/mol. The number of aromatic nitrogens is 2. The van der Waals surface area contributed by atoms with Crippen molar-refractivity contribution < 1.29 is 9.90 Å². The molecule has 1 saturated carbocycles. The molecule has 0 saturated heterocycles. The molecule has 0 amide bonds. The highest BCUT2D eigenvalue weighted by Crippen LogP contribution is 2.40. The molecule has 5 nitrogen and oxygen atoms in total. The van der Waals surface area contributed by atoms with Gasteiger partial charge in [-0.1, -0.05) is 13.0 Å². The summed E-state index contributed by atoms with van der Waals surface area (Å²) < 4.78 is 2.21. The van der Waals surface area contributed by atoms with Crippen molar-refractivity contribution in [2.75, 3.05) is 5.32 Å². The maximum Gasteiger partial charge on any atom is 0.339 e. The molecule has 4 rings (SSSR count). The number of aromatic carboxylic acids is 1. The second-order valence-electron chi connectivity index (χ2n) is 6.65. The molecule has 0 atom stereocenters. The topological polar surface area (TPSA) is 67.2 Å². The first-order chi connectivity index (χ1) is 12.2. The van der Waals surface area contributed by atoms with E-state index in [9.17, 15) is 9.90 Å². The van der Waals surface area contributed by atoms with Crippen LogP contribution < -0.4 is 5.32 Å². The van der Waals surface area contributed by atoms with Crippen LogP contribution in [0, 0.1) is 0 Å². The summed E-state index contributed by atoms with van der Waals surface area (Å²) in [6.45, 7) is 3.11. The molecule has 0 aliphatic heterocycles. The SMILES string of the molecule is CCCn1ccc2ccc(Nc3ncc(C4CC4)cc3C(=O)O)cc21. The fourth-order valence-corrected chi connectivity index (χ4v) is 3.22. The number of aryl methyl sites for hydroxylation is 1. The summed E-state index contributed by atoms with van der Waals surface area (Å²) in [6, 6.07) is 9.91. The molecule has 0 radical (unpaired) electrons. The maximum absolute atomic E-state index is 11.6. The van der Waals surface area contributed by atoms with Crippen molar-refractivity contribution in [2.45, 2.75) is 38.6 Å². The minimum atomic E-state index is -0.951. The van der Waals surface area contributed by atoms with Gasteiger partial charge in [-0.25, -0.2) is 9.78 Å². The zero-order valence-electron chi connectivity index (χ0n) is 14.2. The Kier molecular flexibility index (Phi) is 3.92. The van der Waals surface area contributed by atoms with E-state index in [-0.39, 0.29) is 5.56 Å². The van der Waals surface area contributed by atoms with Gasteiger partial charge in [-0.05, 0) is 60.4 Å². The van der Waals surface area contributed by atoms with E-state index in [4.69, 9.17) is 0 Å². The van der Waals surface area contributed by atoms with Gasteiger partial charge in [0.1, 0.15) is 11.4 Å². The number of carbonyl (C=O) groups is 1. The molecule has 2 heterocycles. The molecular weight excluding hydrogens is 314 g/mol. The summed E-state index contributed by atoms with van der Waals surface area (Å²) in [4.78, 5) is 16.0. The van der Waals surface area contributed by atoms with Crippen LogP contribution in [0.2, 0.25) is 0 Å². The summed E-state index contributed by atoms with van der Waals surface area (Å²) >= 11 is 0. The first-order valence-electron chi connectivity index (χ1n) is 8.75. The fraction of sp³-hybridized carbons (Fsp3) is 0.300. The summed E-state index contributed by atoms with van der Waals surface area (Å²) in [5.74, 6) is -0.0777. The van der Waals surface area contributed by atoms with Crippen LogP contribution in [0.5, 0.6) is 0 Å². The number of carboxylic acids is 1. The van der Waals surface area contributed by atoms with Crippen LogP contribution in [0.1, 0.15) is 48.0 Å². The van der Waals surface area contributed by atoms with E-state index < -0.39 is 5.97 Å². The normalized spacial score (nSPS) is 14.0. The van der Waals surface area contributed by atoms with E-state index in [2.05, 4.69) is 34.1 Å². The third-order valence-corrected chi connectivity index (χ3v) is 4.69. The predicted molar refractivity (Wildman–Crippen MR) is 98.7 cm³/mol. The smallest absolute Gasteiger partial charge is 0.339 e. The lowest BCUT2D eigenvalue weighted by atomic mass is 10.1. The van der Waals surface area contributed by atoms with E-state index in [1.54, 1.807) is 12.3 Å². The molecule has 0 unspecified atom stereocenters. The Bertz CT molecular complexity index is 941. The Balaban J connectivity index is 1.68. The third-order valence-electron chi connectivity index (χ3n) is 4.69. The highest BCUT2D eigenvalue weighted by Gasteiger charge is 2.26. The molecule has 1 aliphatic carbocycles. The second-order valence-corrected chi connectivity index (χ2v) is 6.65. The minimum absolute atomic E-state index is 0.230. The van der Waals surface area contributed by atoms with Gasteiger partial charge in [-0.15, -0.1) is 0 Å². The second kappa shape index (κ2) is 6.24. The predicted octanol–water partition coefficient (Wildman–Crippen LogP) is 4.77. The van der Waals surface area contributed by atoms with Crippen molar-refractivity contribution in [1.29, 1.82) is 0 Å². The van der Waals surface area contributed by atoms with E-state index in [1.165, 1.54) is 5.39 Å². The molecule has 0 spiro atoms. The van der Waals surface area contributed by atoms with Crippen LogP contribution in [-0.2, 0) is 6.54 Å². The lowest BCUT2D eigenvalue weighted by Crippen LogP contribution is -2.06. The van der Waals surface area contributed by atoms with Crippen LogP contribution in [0.4, 0.5) is 11.5 Å². The Labute approximate surface area is 146 Å². The van der Waals surface area contributed by atoms with Crippen LogP contribution >= 0.6 is 0 Å². The Morgan fingerprint density at radius 3 is 2.88 bits per heavy atom. The van der Waals surface area contributed by atoms with E-state index in [1.807, 2.05) is 18.2 Å². The first-order valence-corrected chi connectivity index (χ1v) is 8.75. The number of nitrogens with zero attached hydrogens (tertiary/aromatic N) is 2. The van der Waals surface area contributed by atoms with Gasteiger partial charge in [0.25, 0.3) is 0 Å². The number of nitrogens with one attached hydrogen (secondary N) is 1. The van der Waals surface area contributed by atoms with Gasteiger partial charge in [-0.3, -0.25) is 0 Å². The standard InChI is InChI=1S/C20H21N3O2/c1-2-8-23-9-7-14-5-6-16(11-18(14)23)22-19-17(20(24)25)10-15(12-21-19)13-3-4-13/h5-7,9-13H,2-4,8H2,1H3,(H,21,22)(H,24,25). The number of fused-ring (bicyclic) bond motifs is 1. The van der Waals surface area contributed by atoms with Gasteiger partial charge in [0.15, 0.2) is 0 Å². The van der Waals surface area contributed by atoms with Crippen LogP contribution in [0.25, 0.3) is 10.9 Å². The van der Waals surface area contributed by atoms with Gasteiger partial charge in [0, 0.05) is 24.6 Å². The van der Waals surface area contributed by atoms with Gasteiger partial charge in [-0.2, -0.15) is 0 Å². The largest absolute Gasteiger partial charge is 0.478 e. The summed E-state index contributed by atoms with van der Waals surface area (Å²) in [7, 11) is 0. The number of benzene rings is 1. The Hall–Kier alpha value is -2.82. The molecular formula is C20H21N3O2. The van der Waals surface area contributed by atoms with Crippen molar-refractivity contribution in [2.24, 2.45) is 0 Å². The molecule has 1 aromatic carbocycles. The molecule has 25 heavy (non-hydrogen) atoms.